The van der Waals surface area contributed by atoms with E-state index in [4.69, 9.17) is 23.2 Å². The summed E-state index contributed by atoms with van der Waals surface area (Å²) in [5.41, 5.74) is 2.09. The molecule has 1 aromatic heterocycles. The van der Waals surface area contributed by atoms with Gasteiger partial charge in [-0.2, -0.15) is 5.10 Å². The van der Waals surface area contributed by atoms with Crippen molar-refractivity contribution in [3.05, 3.63) is 51.8 Å². The molecule has 3 nitrogen and oxygen atoms in total. The lowest BCUT2D eigenvalue weighted by Crippen LogP contribution is -2.21. The van der Waals surface area contributed by atoms with Gasteiger partial charge < -0.3 is 5.32 Å². The van der Waals surface area contributed by atoms with Crippen molar-refractivity contribution >= 4 is 23.2 Å². The molecule has 0 fully saturated rings. The lowest BCUT2D eigenvalue weighted by molar-refractivity contribution is 0.511. The maximum absolute atomic E-state index is 6.24. The van der Waals surface area contributed by atoms with Crippen molar-refractivity contribution in [1.29, 1.82) is 0 Å². The second-order valence-corrected chi connectivity index (χ2v) is 5.33. The van der Waals surface area contributed by atoms with E-state index in [1.165, 1.54) is 0 Å². The summed E-state index contributed by atoms with van der Waals surface area (Å²) in [6.45, 7) is 2.85. The molecule has 0 bridgehead atoms. The average Bonchev–Trinajstić information content (AvgIpc) is 2.78. The van der Waals surface area contributed by atoms with E-state index in [2.05, 4.69) is 17.3 Å². The fourth-order valence-electron chi connectivity index (χ4n) is 2.04. The molecule has 2 rings (SSSR count). The minimum Gasteiger partial charge on any atom is -0.304 e. The Morgan fingerprint density at radius 3 is 2.68 bits per heavy atom. The van der Waals surface area contributed by atoms with Crippen LogP contribution in [0.1, 0.15) is 30.6 Å². The fourth-order valence-corrected chi connectivity index (χ4v) is 2.58. The minimum atomic E-state index is 0.201. The number of aromatic nitrogens is 2. The smallest absolute Gasteiger partial charge is 0.0762 e. The maximum atomic E-state index is 6.24. The van der Waals surface area contributed by atoms with Crippen molar-refractivity contribution in [3.8, 4) is 0 Å². The Labute approximate surface area is 123 Å². The Morgan fingerprint density at radius 2 is 2.11 bits per heavy atom. The third kappa shape index (κ3) is 3.72. The molecule has 2 aromatic rings. The molecule has 0 aliphatic heterocycles. The molecule has 0 aliphatic carbocycles. The highest BCUT2D eigenvalue weighted by atomic mass is 35.5. The van der Waals surface area contributed by atoms with Crippen LogP contribution in [0.3, 0.4) is 0 Å². The molecule has 1 N–H and O–H groups in total. The van der Waals surface area contributed by atoms with Gasteiger partial charge in [-0.1, -0.05) is 36.2 Å². The van der Waals surface area contributed by atoms with Gasteiger partial charge in [0.25, 0.3) is 0 Å². The zero-order valence-corrected chi connectivity index (χ0v) is 12.5. The van der Waals surface area contributed by atoms with Crippen LogP contribution in [-0.2, 0) is 13.6 Å². The van der Waals surface area contributed by atoms with Gasteiger partial charge in [-0.25, -0.2) is 0 Å². The molecule has 0 aliphatic rings. The summed E-state index contributed by atoms with van der Waals surface area (Å²) < 4.78 is 1.80. The Morgan fingerprint density at radius 1 is 1.32 bits per heavy atom. The number of aryl methyl sites for hydroxylation is 1. The normalized spacial score (nSPS) is 12.6. The molecular formula is C14H17Cl2N3. The van der Waals surface area contributed by atoms with Crippen LogP contribution in [0.5, 0.6) is 0 Å². The Kier molecular flexibility index (Phi) is 4.86. The van der Waals surface area contributed by atoms with Crippen LogP contribution < -0.4 is 5.32 Å². The first-order valence-corrected chi connectivity index (χ1v) is 7.02. The highest BCUT2D eigenvalue weighted by molar-refractivity contribution is 6.35. The van der Waals surface area contributed by atoms with Gasteiger partial charge in [-0.05, 0) is 30.2 Å². The SMILES string of the molecule is CCC(NCc1ccn(C)n1)c1ccc(Cl)cc1Cl. The number of benzene rings is 1. The minimum absolute atomic E-state index is 0.201. The van der Waals surface area contributed by atoms with Crippen molar-refractivity contribution < 1.29 is 0 Å². The van der Waals surface area contributed by atoms with E-state index in [0.717, 1.165) is 24.2 Å². The molecule has 0 saturated carbocycles. The monoisotopic (exact) mass is 297 g/mol. The molecule has 1 aromatic carbocycles. The Bertz CT molecular complexity index is 551. The first-order chi connectivity index (χ1) is 9.10. The highest BCUT2D eigenvalue weighted by Crippen LogP contribution is 2.28. The molecule has 19 heavy (non-hydrogen) atoms. The van der Waals surface area contributed by atoms with Crippen LogP contribution in [0, 0.1) is 0 Å². The van der Waals surface area contributed by atoms with Crippen molar-refractivity contribution in [2.75, 3.05) is 0 Å². The molecular weight excluding hydrogens is 281 g/mol. The van der Waals surface area contributed by atoms with Gasteiger partial charge in [-0.3, -0.25) is 4.68 Å². The van der Waals surface area contributed by atoms with Gasteiger partial charge in [0.05, 0.1) is 5.69 Å². The van der Waals surface area contributed by atoms with Crippen molar-refractivity contribution in [1.82, 2.24) is 15.1 Å². The number of rotatable bonds is 5. The van der Waals surface area contributed by atoms with Gasteiger partial charge >= 0.3 is 0 Å². The van der Waals surface area contributed by atoms with Gasteiger partial charge in [0.15, 0.2) is 0 Å². The van der Waals surface area contributed by atoms with Crippen LogP contribution in [0.25, 0.3) is 0 Å². The number of halogens is 2. The van der Waals surface area contributed by atoms with E-state index < -0.39 is 0 Å². The second kappa shape index (κ2) is 6.42. The van der Waals surface area contributed by atoms with Crippen LogP contribution in [0.2, 0.25) is 10.0 Å². The summed E-state index contributed by atoms with van der Waals surface area (Å²) in [5.74, 6) is 0. The third-order valence-electron chi connectivity index (χ3n) is 3.04. The van der Waals surface area contributed by atoms with E-state index >= 15 is 0 Å². The van der Waals surface area contributed by atoms with E-state index in [-0.39, 0.29) is 6.04 Å². The highest BCUT2D eigenvalue weighted by Gasteiger charge is 2.13. The topological polar surface area (TPSA) is 29.9 Å². The molecule has 1 atom stereocenters. The predicted molar refractivity (Wildman–Crippen MR) is 79.5 cm³/mol. The molecule has 0 amide bonds. The van der Waals surface area contributed by atoms with Gasteiger partial charge in [0.2, 0.25) is 0 Å². The lowest BCUT2D eigenvalue weighted by atomic mass is 10.0. The molecule has 1 unspecified atom stereocenters. The Balaban J connectivity index is 2.07. The number of nitrogens with one attached hydrogen (secondary N) is 1. The van der Waals surface area contributed by atoms with Gasteiger partial charge in [0, 0.05) is 35.9 Å². The summed E-state index contributed by atoms with van der Waals surface area (Å²) in [6.07, 6.45) is 2.89. The standard InChI is InChI=1S/C14H17Cl2N3/c1-3-14(12-5-4-10(15)8-13(12)16)17-9-11-6-7-19(2)18-11/h4-8,14,17H,3,9H2,1-2H3. The zero-order valence-electron chi connectivity index (χ0n) is 11.0. The second-order valence-electron chi connectivity index (χ2n) is 4.49. The summed E-state index contributed by atoms with van der Waals surface area (Å²) in [6, 6.07) is 7.83. The molecule has 5 heteroatoms. The van der Waals surface area contributed by atoms with Crippen LogP contribution in [0.4, 0.5) is 0 Å². The first kappa shape index (κ1) is 14.4. The third-order valence-corrected chi connectivity index (χ3v) is 3.61. The molecule has 1 heterocycles. The quantitative estimate of drug-likeness (QED) is 0.905. The van der Waals surface area contributed by atoms with Crippen molar-refractivity contribution in [2.24, 2.45) is 7.05 Å². The van der Waals surface area contributed by atoms with Gasteiger partial charge in [-0.15, -0.1) is 0 Å². The summed E-state index contributed by atoms with van der Waals surface area (Å²) >= 11 is 12.2. The summed E-state index contributed by atoms with van der Waals surface area (Å²) in [5, 5.41) is 9.18. The van der Waals surface area contributed by atoms with Crippen LogP contribution in [-0.4, -0.2) is 9.78 Å². The Hall–Kier alpha value is -1.03. The molecule has 0 saturated heterocycles. The molecule has 102 valence electrons. The summed E-state index contributed by atoms with van der Waals surface area (Å²) in [4.78, 5) is 0. The maximum Gasteiger partial charge on any atom is 0.0762 e. The first-order valence-electron chi connectivity index (χ1n) is 6.27. The van der Waals surface area contributed by atoms with E-state index in [1.807, 2.05) is 31.4 Å². The summed E-state index contributed by atoms with van der Waals surface area (Å²) in [7, 11) is 1.91. The predicted octanol–water partition coefficient (Wildman–Crippen LogP) is 3.97. The van der Waals surface area contributed by atoms with Crippen molar-refractivity contribution in [2.45, 2.75) is 25.9 Å². The van der Waals surface area contributed by atoms with E-state index in [1.54, 1.807) is 10.7 Å². The largest absolute Gasteiger partial charge is 0.304 e. The lowest BCUT2D eigenvalue weighted by Gasteiger charge is -2.18. The van der Waals surface area contributed by atoms with Gasteiger partial charge in [0.1, 0.15) is 0 Å². The van der Waals surface area contributed by atoms with Crippen molar-refractivity contribution in [3.63, 3.8) is 0 Å². The van der Waals surface area contributed by atoms with Crippen LogP contribution in [0.15, 0.2) is 30.5 Å². The number of hydrogen-bond donors (Lipinski definition) is 1. The molecule has 0 spiro atoms. The van der Waals surface area contributed by atoms with E-state index in [0.29, 0.717) is 10.0 Å². The number of hydrogen-bond acceptors (Lipinski definition) is 2. The number of nitrogens with zero attached hydrogens (tertiary/aromatic N) is 2. The molecule has 0 radical (unpaired) electrons. The fraction of sp³-hybridized carbons (Fsp3) is 0.357. The van der Waals surface area contributed by atoms with Crippen LogP contribution >= 0.6 is 23.2 Å². The van der Waals surface area contributed by atoms with E-state index in [9.17, 15) is 0 Å². The zero-order chi connectivity index (χ0) is 13.8. The average molecular weight is 298 g/mol.